The minimum atomic E-state index is -0.0450. The molecule has 1 aliphatic rings. The van der Waals surface area contributed by atoms with Gasteiger partial charge in [-0.2, -0.15) is 0 Å². The summed E-state index contributed by atoms with van der Waals surface area (Å²) in [6.07, 6.45) is 1.61. The molecule has 0 spiro atoms. The first kappa shape index (κ1) is 13.8. The Kier molecular flexibility index (Phi) is 4.34. The lowest BCUT2D eigenvalue weighted by atomic mass is 10.2. The van der Waals surface area contributed by atoms with Gasteiger partial charge < -0.3 is 20.3 Å². The third-order valence-corrected chi connectivity index (χ3v) is 3.19. The third-order valence-electron chi connectivity index (χ3n) is 3.19. The Labute approximate surface area is 113 Å². The number of nitrogens with zero attached hydrogens (tertiary/aromatic N) is 3. The number of hydrogen-bond acceptors (Lipinski definition) is 5. The molecule has 2 heterocycles. The van der Waals surface area contributed by atoms with Gasteiger partial charge in [0.15, 0.2) is 0 Å². The van der Waals surface area contributed by atoms with E-state index in [-0.39, 0.29) is 11.9 Å². The fraction of sp³-hybridized carbons (Fsp3) is 0.538. The number of carbonyl (C=O) groups excluding carboxylic acids is 1. The summed E-state index contributed by atoms with van der Waals surface area (Å²) < 4.78 is 5.41. The monoisotopic (exact) mass is 264 g/mol. The molecule has 0 aliphatic carbocycles. The van der Waals surface area contributed by atoms with Crippen molar-refractivity contribution in [3.05, 3.63) is 23.9 Å². The zero-order chi connectivity index (χ0) is 13.8. The van der Waals surface area contributed by atoms with Gasteiger partial charge in [0.2, 0.25) is 0 Å². The number of ether oxygens (including phenoxy) is 1. The van der Waals surface area contributed by atoms with Gasteiger partial charge in [-0.15, -0.1) is 0 Å². The molecule has 1 saturated heterocycles. The summed E-state index contributed by atoms with van der Waals surface area (Å²) in [5, 5.41) is 0. The van der Waals surface area contributed by atoms with E-state index in [4.69, 9.17) is 10.5 Å². The first-order valence-electron chi connectivity index (χ1n) is 6.35. The minimum absolute atomic E-state index is 0.0450. The zero-order valence-electron chi connectivity index (χ0n) is 11.4. The van der Waals surface area contributed by atoms with Crippen LogP contribution in [0.2, 0.25) is 0 Å². The lowest BCUT2D eigenvalue weighted by molar-refractivity contribution is 0.0827. The van der Waals surface area contributed by atoms with Crippen LogP contribution >= 0.6 is 0 Å². The van der Waals surface area contributed by atoms with Crippen molar-refractivity contribution in [1.82, 2.24) is 9.88 Å². The second-order valence-corrected chi connectivity index (χ2v) is 4.76. The Morgan fingerprint density at radius 1 is 1.58 bits per heavy atom. The summed E-state index contributed by atoms with van der Waals surface area (Å²) >= 11 is 0. The van der Waals surface area contributed by atoms with Crippen LogP contribution in [0.3, 0.4) is 0 Å². The predicted octanol–water partition coefficient (Wildman–Crippen LogP) is -0.0527. The molecule has 1 atom stereocenters. The Morgan fingerprint density at radius 3 is 2.95 bits per heavy atom. The van der Waals surface area contributed by atoms with Gasteiger partial charge in [0.1, 0.15) is 5.82 Å². The van der Waals surface area contributed by atoms with Crippen molar-refractivity contribution in [3.8, 4) is 0 Å². The predicted molar refractivity (Wildman–Crippen MR) is 73.3 cm³/mol. The number of nitrogens with two attached hydrogens (primary N) is 1. The summed E-state index contributed by atoms with van der Waals surface area (Å²) in [4.78, 5) is 19.8. The number of amides is 1. The van der Waals surface area contributed by atoms with E-state index >= 15 is 0 Å². The van der Waals surface area contributed by atoms with Gasteiger partial charge in [0, 0.05) is 33.4 Å². The largest absolute Gasteiger partial charge is 0.377 e. The molecule has 1 aromatic heterocycles. The molecule has 19 heavy (non-hydrogen) atoms. The molecule has 1 unspecified atom stereocenters. The standard InChI is InChI=1S/C13H20N4O2/c1-16(2)13(18)10-3-4-12(15-8-10)17-5-6-19-9-11(17)7-14/h3-4,8,11H,5-7,9,14H2,1-2H3. The molecule has 0 saturated carbocycles. The maximum atomic E-state index is 11.8. The number of carbonyl (C=O) groups is 1. The van der Waals surface area contributed by atoms with Crippen LogP contribution in [-0.4, -0.2) is 62.2 Å². The molecule has 1 aromatic rings. The Bertz CT molecular complexity index is 433. The Balaban J connectivity index is 2.15. The molecule has 1 fully saturated rings. The van der Waals surface area contributed by atoms with Crippen LogP contribution in [0.4, 0.5) is 5.82 Å². The van der Waals surface area contributed by atoms with E-state index in [0.717, 1.165) is 12.4 Å². The molecule has 6 nitrogen and oxygen atoms in total. The normalized spacial score (nSPS) is 19.3. The molecule has 0 aromatic carbocycles. The van der Waals surface area contributed by atoms with Crippen molar-refractivity contribution in [3.63, 3.8) is 0 Å². The molecular formula is C13H20N4O2. The van der Waals surface area contributed by atoms with E-state index in [1.807, 2.05) is 6.07 Å². The molecule has 1 aliphatic heterocycles. The summed E-state index contributed by atoms with van der Waals surface area (Å²) in [5.41, 5.74) is 6.33. The van der Waals surface area contributed by atoms with E-state index in [1.54, 1.807) is 26.4 Å². The van der Waals surface area contributed by atoms with Crippen LogP contribution in [0, 0.1) is 0 Å². The lowest BCUT2D eigenvalue weighted by Gasteiger charge is -2.35. The Hall–Kier alpha value is -1.66. The van der Waals surface area contributed by atoms with E-state index in [0.29, 0.717) is 25.3 Å². The molecule has 0 bridgehead atoms. The van der Waals surface area contributed by atoms with E-state index in [1.165, 1.54) is 4.90 Å². The van der Waals surface area contributed by atoms with Crippen LogP contribution in [0.5, 0.6) is 0 Å². The zero-order valence-corrected chi connectivity index (χ0v) is 11.4. The average Bonchev–Trinajstić information content (AvgIpc) is 2.46. The molecule has 6 heteroatoms. The number of hydrogen-bond donors (Lipinski definition) is 1. The molecule has 1 amide bonds. The summed E-state index contributed by atoms with van der Waals surface area (Å²) in [6.45, 7) is 2.60. The smallest absolute Gasteiger partial charge is 0.254 e. The average molecular weight is 264 g/mol. The van der Waals surface area contributed by atoms with Crippen LogP contribution in [0.1, 0.15) is 10.4 Å². The number of aromatic nitrogens is 1. The molecule has 2 N–H and O–H groups in total. The van der Waals surface area contributed by atoms with E-state index in [2.05, 4.69) is 9.88 Å². The van der Waals surface area contributed by atoms with E-state index < -0.39 is 0 Å². The van der Waals surface area contributed by atoms with Gasteiger partial charge >= 0.3 is 0 Å². The van der Waals surface area contributed by atoms with E-state index in [9.17, 15) is 4.79 Å². The Morgan fingerprint density at radius 2 is 2.37 bits per heavy atom. The highest BCUT2D eigenvalue weighted by molar-refractivity contribution is 5.93. The van der Waals surface area contributed by atoms with Crippen molar-refractivity contribution in [1.29, 1.82) is 0 Å². The van der Waals surface area contributed by atoms with Gasteiger partial charge in [-0.25, -0.2) is 4.98 Å². The van der Waals surface area contributed by atoms with Crippen molar-refractivity contribution in [2.24, 2.45) is 5.73 Å². The first-order chi connectivity index (χ1) is 9.13. The van der Waals surface area contributed by atoms with Crippen LogP contribution < -0.4 is 10.6 Å². The van der Waals surface area contributed by atoms with Crippen molar-refractivity contribution in [2.75, 3.05) is 45.3 Å². The van der Waals surface area contributed by atoms with Crippen LogP contribution in [-0.2, 0) is 4.74 Å². The summed E-state index contributed by atoms with van der Waals surface area (Å²) in [7, 11) is 3.45. The first-order valence-corrected chi connectivity index (χ1v) is 6.35. The second-order valence-electron chi connectivity index (χ2n) is 4.76. The van der Waals surface area contributed by atoms with Gasteiger partial charge in [-0.05, 0) is 12.1 Å². The molecule has 0 radical (unpaired) electrons. The number of anilines is 1. The minimum Gasteiger partial charge on any atom is -0.377 e. The molecule has 2 rings (SSSR count). The lowest BCUT2D eigenvalue weighted by Crippen LogP contribution is -2.49. The quantitative estimate of drug-likeness (QED) is 0.828. The highest BCUT2D eigenvalue weighted by Gasteiger charge is 2.23. The maximum absolute atomic E-state index is 11.8. The maximum Gasteiger partial charge on any atom is 0.254 e. The van der Waals surface area contributed by atoms with Crippen molar-refractivity contribution < 1.29 is 9.53 Å². The molecule has 104 valence electrons. The fourth-order valence-corrected chi connectivity index (χ4v) is 2.09. The highest BCUT2D eigenvalue weighted by atomic mass is 16.5. The van der Waals surface area contributed by atoms with Gasteiger partial charge in [0.25, 0.3) is 5.91 Å². The van der Waals surface area contributed by atoms with Gasteiger partial charge in [-0.1, -0.05) is 0 Å². The number of pyridine rings is 1. The topological polar surface area (TPSA) is 71.7 Å². The third kappa shape index (κ3) is 3.02. The summed E-state index contributed by atoms with van der Waals surface area (Å²) in [5.74, 6) is 0.797. The van der Waals surface area contributed by atoms with Gasteiger partial charge in [0.05, 0.1) is 24.8 Å². The van der Waals surface area contributed by atoms with Crippen LogP contribution in [0.25, 0.3) is 0 Å². The highest BCUT2D eigenvalue weighted by Crippen LogP contribution is 2.17. The number of rotatable bonds is 3. The van der Waals surface area contributed by atoms with Gasteiger partial charge in [-0.3, -0.25) is 4.79 Å². The van der Waals surface area contributed by atoms with Crippen molar-refractivity contribution in [2.45, 2.75) is 6.04 Å². The van der Waals surface area contributed by atoms with Crippen molar-refractivity contribution >= 4 is 11.7 Å². The fourth-order valence-electron chi connectivity index (χ4n) is 2.09. The molecular weight excluding hydrogens is 244 g/mol. The number of morpholine rings is 1. The van der Waals surface area contributed by atoms with Crippen LogP contribution in [0.15, 0.2) is 18.3 Å². The summed E-state index contributed by atoms with van der Waals surface area (Å²) in [6, 6.07) is 3.81. The second kappa shape index (κ2) is 5.99. The SMILES string of the molecule is CN(C)C(=O)c1ccc(N2CCOCC2CN)nc1.